The lowest BCUT2D eigenvalue weighted by atomic mass is 9.20. The predicted molar refractivity (Wildman–Crippen MR) is 244 cm³/mol. The number of hydrogen-bond donors (Lipinski definition) is 0. The molecule has 3 aliphatic heterocycles. The van der Waals surface area contributed by atoms with Gasteiger partial charge in [0.15, 0.2) is 23.0 Å². The van der Waals surface area contributed by atoms with Crippen LogP contribution in [0, 0.1) is 27.7 Å². The third-order valence-corrected chi connectivity index (χ3v) is 12.6. The molecule has 0 amide bonds. The predicted octanol–water partition coefficient (Wildman–Crippen LogP) is 9.42. The van der Waals surface area contributed by atoms with Crippen molar-refractivity contribution in [1.29, 1.82) is 0 Å². The third-order valence-electron chi connectivity index (χ3n) is 12.6. The lowest BCUT2D eigenvalue weighted by Crippen LogP contribution is -2.75. The molecule has 0 bridgehead atoms. The number of aryl methyl sites for hydroxylation is 2. The van der Waals surface area contributed by atoms with Gasteiger partial charge in [0, 0.05) is 11.4 Å². The van der Waals surface area contributed by atoms with E-state index in [1.165, 1.54) is 55.0 Å². The van der Waals surface area contributed by atoms with Crippen molar-refractivity contribution in [2.45, 2.75) is 27.7 Å². The molecule has 0 fully saturated rings. The Morgan fingerprint density at radius 1 is 0.310 bits per heavy atom. The molecule has 3 heterocycles. The second-order valence-electron chi connectivity index (χ2n) is 15.8. The summed E-state index contributed by atoms with van der Waals surface area (Å²) < 4.78 is 12.9. The maximum Gasteiger partial charge on any atom is 0.240 e. The van der Waals surface area contributed by atoms with Crippen molar-refractivity contribution in [3.8, 4) is 23.0 Å². The highest BCUT2D eigenvalue weighted by Gasteiger charge is 2.42. The maximum absolute atomic E-state index is 6.44. The van der Waals surface area contributed by atoms with Crippen LogP contribution in [-0.4, -0.2) is 13.4 Å². The Morgan fingerprint density at radius 3 is 0.897 bits per heavy atom. The summed E-state index contributed by atoms with van der Waals surface area (Å²) in [7, 11) is 0. The second kappa shape index (κ2) is 13.3. The Labute approximate surface area is 341 Å². The van der Waals surface area contributed by atoms with Gasteiger partial charge in [-0.3, -0.25) is 0 Å². The molecule has 0 saturated carbocycles. The molecule has 0 atom stereocenters. The van der Waals surface area contributed by atoms with Gasteiger partial charge in [0.05, 0.1) is 22.7 Å². The van der Waals surface area contributed by atoms with Gasteiger partial charge in [0.1, 0.15) is 0 Å². The largest absolute Gasteiger partial charge is 0.453 e. The van der Waals surface area contributed by atoms with E-state index in [9.17, 15) is 0 Å². The first-order chi connectivity index (χ1) is 28.5. The van der Waals surface area contributed by atoms with Crippen molar-refractivity contribution < 1.29 is 9.47 Å². The van der Waals surface area contributed by atoms with Crippen molar-refractivity contribution in [2.75, 3.05) is 9.80 Å². The summed E-state index contributed by atoms with van der Waals surface area (Å²) in [4.78, 5) is 4.77. The van der Waals surface area contributed by atoms with Gasteiger partial charge in [0.25, 0.3) is 0 Å². The normalized spacial score (nSPS) is 13.3. The molecule has 0 aliphatic carbocycles. The number of fused-ring (bicyclic) bond motifs is 6. The van der Waals surface area contributed by atoms with E-state index in [0.29, 0.717) is 0 Å². The quantitative estimate of drug-likeness (QED) is 0.168. The maximum atomic E-state index is 6.44. The molecule has 0 N–H and O–H groups in total. The molecule has 0 aromatic heterocycles. The summed E-state index contributed by atoms with van der Waals surface area (Å²) in [5, 5.41) is 0. The van der Waals surface area contributed by atoms with Crippen LogP contribution in [0.4, 0.5) is 34.1 Å². The summed E-state index contributed by atoms with van der Waals surface area (Å²) in [6.45, 7) is 9.26. The summed E-state index contributed by atoms with van der Waals surface area (Å²) >= 11 is 0. The Bertz CT molecular complexity index is 2620. The molecule has 0 radical (unpaired) electrons. The molecule has 0 unspecified atom stereocenters. The van der Waals surface area contributed by atoms with Crippen LogP contribution in [0.25, 0.3) is 0 Å². The van der Waals surface area contributed by atoms with E-state index in [0.717, 1.165) is 57.1 Å². The fourth-order valence-corrected chi connectivity index (χ4v) is 10.0. The second-order valence-corrected chi connectivity index (χ2v) is 15.8. The minimum Gasteiger partial charge on any atom is -0.453 e. The van der Waals surface area contributed by atoms with E-state index < -0.39 is 0 Å². The van der Waals surface area contributed by atoms with Gasteiger partial charge in [-0.15, -0.1) is 0 Å². The fraction of sp³-hybridized carbons (Fsp3) is 0.0769. The minimum absolute atomic E-state index is 0.0388. The highest BCUT2D eigenvalue weighted by atomic mass is 16.5. The van der Waals surface area contributed by atoms with Crippen LogP contribution in [-0.2, 0) is 0 Å². The molecule has 8 aromatic rings. The number of rotatable bonds is 4. The number of anilines is 6. The smallest absolute Gasteiger partial charge is 0.240 e. The molecule has 8 aromatic carbocycles. The number of nitrogens with zero attached hydrogens (tertiary/aromatic N) is 2. The Kier molecular flexibility index (Phi) is 7.91. The summed E-state index contributed by atoms with van der Waals surface area (Å²) in [5.41, 5.74) is 19.7. The van der Waals surface area contributed by atoms with E-state index in [2.05, 4.69) is 183 Å². The molecular weight excluding hydrogens is 706 g/mol. The monoisotopic (exact) mass is 746 g/mol. The lowest BCUT2D eigenvalue weighted by molar-refractivity contribution is 0.476. The molecule has 0 spiro atoms. The SMILES string of the molecule is Cc1ccc(N2c3ccccc3Oc3ccccc32)c(C)c1B1c2ccccc2B(c2c(C)ccc(N3c4ccccc4Oc4ccccc43)c2C)c2ccccc21. The van der Waals surface area contributed by atoms with Crippen molar-refractivity contribution >= 4 is 80.3 Å². The van der Waals surface area contributed by atoms with Crippen molar-refractivity contribution in [2.24, 2.45) is 0 Å². The van der Waals surface area contributed by atoms with Gasteiger partial charge in [-0.25, -0.2) is 0 Å². The molecule has 6 heteroatoms. The zero-order chi connectivity index (χ0) is 39.1. The molecule has 276 valence electrons. The highest BCUT2D eigenvalue weighted by Crippen LogP contribution is 2.52. The average molecular weight is 747 g/mol. The molecular formula is C52H40B2N2O2. The van der Waals surface area contributed by atoms with Gasteiger partial charge >= 0.3 is 0 Å². The van der Waals surface area contributed by atoms with Crippen LogP contribution < -0.4 is 52.1 Å². The number of ether oxygens (including phenoxy) is 2. The topological polar surface area (TPSA) is 24.9 Å². The van der Waals surface area contributed by atoms with Crippen LogP contribution in [0.5, 0.6) is 23.0 Å². The van der Waals surface area contributed by atoms with Crippen molar-refractivity contribution in [3.63, 3.8) is 0 Å². The number of para-hydroxylation sites is 8. The summed E-state index contributed by atoms with van der Waals surface area (Å²) in [6.07, 6.45) is 0. The van der Waals surface area contributed by atoms with Crippen LogP contribution in [0.3, 0.4) is 0 Å². The molecule has 4 nitrogen and oxygen atoms in total. The molecule has 11 rings (SSSR count). The van der Waals surface area contributed by atoms with E-state index in [4.69, 9.17) is 9.47 Å². The first kappa shape index (κ1) is 34.3. The van der Waals surface area contributed by atoms with E-state index >= 15 is 0 Å². The van der Waals surface area contributed by atoms with Gasteiger partial charge in [-0.2, -0.15) is 0 Å². The number of hydrogen-bond acceptors (Lipinski definition) is 4. The van der Waals surface area contributed by atoms with Gasteiger partial charge in [-0.05, 0) is 99.5 Å². The zero-order valence-corrected chi connectivity index (χ0v) is 33.0. The highest BCUT2D eigenvalue weighted by molar-refractivity contribution is 7.11. The third kappa shape index (κ3) is 5.11. The standard InChI is InChI=1S/C52H40B2N2O2/c1-33-29-31-41(55-43-21-9-13-25-47(43)57-48-26-14-10-22-44(48)55)35(3)51(33)53-37-17-5-7-19-39(37)54(40-20-8-6-18-38(40)53)52-34(2)30-32-42(36(52)4)56-45-23-11-15-27-49(45)58-50-28-16-12-24-46(50)56/h5-32H,1-4H3. The zero-order valence-electron chi connectivity index (χ0n) is 33.0. The average Bonchev–Trinajstić information content (AvgIpc) is 3.26. The summed E-state index contributed by atoms with van der Waals surface area (Å²) in [6, 6.07) is 61.0. The Balaban J connectivity index is 1.10. The first-order valence-corrected chi connectivity index (χ1v) is 20.2. The van der Waals surface area contributed by atoms with Gasteiger partial charge < -0.3 is 19.3 Å². The van der Waals surface area contributed by atoms with Crippen LogP contribution >= 0.6 is 0 Å². The Morgan fingerprint density at radius 2 is 0.586 bits per heavy atom. The van der Waals surface area contributed by atoms with Crippen LogP contribution in [0.15, 0.2) is 170 Å². The summed E-state index contributed by atoms with van der Waals surface area (Å²) in [5.74, 6) is 3.43. The first-order valence-electron chi connectivity index (χ1n) is 20.2. The molecule has 58 heavy (non-hydrogen) atoms. The van der Waals surface area contributed by atoms with Crippen LogP contribution in [0.1, 0.15) is 22.3 Å². The lowest BCUT2D eigenvalue weighted by Gasteiger charge is -2.38. The van der Waals surface area contributed by atoms with Crippen molar-refractivity contribution in [1.82, 2.24) is 0 Å². The molecule has 0 saturated heterocycles. The minimum atomic E-state index is 0.0388. The van der Waals surface area contributed by atoms with Gasteiger partial charge in [-0.1, -0.05) is 153 Å². The van der Waals surface area contributed by atoms with E-state index in [-0.39, 0.29) is 13.4 Å². The Hall–Kier alpha value is -6.91. The van der Waals surface area contributed by atoms with Gasteiger partial charge in [0.2, 0.25) is 13.4 Å². The van der Waals surface area contributed by atoms with E-state index in [1.54, 1.807) is 0 Å². The number of benzene rings is 8. The van der Waals surface area contributed by atoms with Crippen molar-refractivity contribution in [3.05, 3.63) is 192 Å². The molecule has 3 aliphatic rings. The fourth-order valence-electron chi connectivity index (χ4n) is 10.0. The van der Waals surface area contributed by atoms with E-state index in [1.807, 2.05) is 24.3 Å². The van der Waals surface area contributed by atoms with Crippen LogP contribution in [0.2, 0.25) is 0 Å².